The lowest BCUT2D eigenvalue weighted by atomic mass is 10.1. The normalized spacial score (nSPS) is 11.9. The van der Waals surface area contributed by atoms with Gasteiger partial charge in [-0.1, -0.05) is 31.9 Å². The largest absolute Gasteiger partial charge is 0.480 e. The smallest absolute Gasteiger partial charge is 0.326 e. The van der Waals surface area contributed by atoms with E-state index in [1.807, 2.05) is 31.2 Å². The molecule has 1 amide bonds. The number of carbonyl (C=O) groups excluding carboxylic acids is 1. The summed E-state index contributed by atoms with van der Waals surface area (Å²) in [5, 5.41) is 11.6. The van der Waals surface area contributed by atoms with Crippen LogP contribution in [0.15, 0.2) is 24.3 Å². The summed E-state index contributed by atoms with van der Waals surface area (Å²) in [5.41, 5.74) is 0.893. The van der Waals surface area contributed by atoms with E-state index in [0.717, 1.165) is 22.0 Å². The predicted molar refractivity (Wildman–Crippen MR) is 82.0 cm³/mol. The van der Waals surface area contributed by atoms with Crippen molar-refractivity contribution in [1.29, 1.82) is 0 Å². The van der Waals surface area contributed by atoms with Crippen molar-refractivity contribution in [3.8, 4) is 0 Å². The molecule has 5 heteroatoms. The van der Waals surface area contributed by atoms with Crippen molar-refractivity contribution < 1.29 is 14.7 Å². The molecule has 1 aromatic rings. The molecule has 0 radical (unpaired) electrons. The number of carboxylic acid groups (broad SMARTS) is 1. The molecule has 1 rings (SSSR count). The molecule has 0 saturated heterocycles. The Kier molecular flexibility index (Phi) is 6.83. The average Bonchev–Trinajstić information content (AvgIpc) is 2.34. The van der Waals surface area contributed by atoms with Crippen LogP contribution in [0.2, 0.25) is 0 Å². The Morgan fingerprint density at radius 3 is 2.74 bits per heavy atom. The van der Waals surface area contributed by atoms with E-state index >= 15 is 0 Å². The molecule has 4 nitrogen and oxygen atoms in total. The van der Waals surface area contributed by atoms with Crippen molar-refractivity contribution in [2.24, 2.45) is 0 Å². The number of rotatable bonds is 7. The zero-order chi connectivity index (χ0) is 14.3. The second kappa shape index (κ2) is 8.14. The monoisotopic (exact) mass is 375 g/mol. The number of amides is 1. The first-order valence-corrected chi connectivity index (χ1v) is 7.37. The van der Waals surface area contributed by atoms with E-state index in [0.29, 0.717) is 6.42 Å². The van der Waals surface area contributed by atoms with Gasteiger partial charge in [-0.2, -0.15) is 0 Å². The number of halogens is 1. The van der Waals surface area contributed by atoms with Crippen LogP contribution in [-0.4, -0.2) is 23.0 Å². The lowest BCUT2D eigenvalue weighted by Gasteiger charge is -2.14. The van der Waals surface area contributed by atoms with E-state index in [2.05, 4.69) is 27.9 Å². The minimum absolute atomic E-state index is 0.215. The number of hydrogen-bond acceptors (Lipinski definition) is 2. The molecule has 0 aliphatic rings. The molecule has 0 fully saturated rings. The minimum Gasteiger partial charge on any atom is -0.480 e. The SMILES string of the molecule is CCCC[C@H](NC(=O)Cc1cccc(I)c1)C(=O)O. The molecule has 1 aromatic carbocycles. The van der Waals surface area contributed by atoms with Crippen LogP contribution < -0.4 is 5.32 Å². The van der Waals surface area contributed by atoms with E-state index in [1.54, 1.807) is 0 Å². The maximum absolute atomic E-state index is 11.8. The van der Waals surface area contributed by atoms with Crippen LogP contribution in [0.1, 0.15) is 31.7 Å². The van der Waals surface area contributed by atoms with Gasteiger partial charge in [0, 0.05) is 3.57 Å². The molecule has 0 saturated carbocycles. The van der Waals surface area contributed by atoms with Crippen LogP contribution in [0.4, 0.5) is 0 Å². The highest BCUT2D eigenvalue weighted by molar-refractivity contribution is 14.1. The van der Waals surface area contributed by atoms with Crippen molar-refractivity contribution in [2.75, 3.05) is 0 Å². The van der Waals surface area contributed by atoms with Crippen LogP contribution in [-0.2, 0) is 16.0 Å². The molecular weight excluding hydrogens is 357 g/mol. The molecule has 0 bridgehead atoms. The van der Waals surface area contributed by atoms with Crippen molar-refractivity contribution in [3.63, 3.8) is 0 Å². The molecule has 104 valence electrons. The summed E-state index contributed by atoms with van der Waals surface area (Å²) in [7, 11) is 0. The van der Waals surface area contributed by atoms with E-state index in [-0.39, 0.29) is 12.3 Å². The van der Waals surface area contributed by atoms with Gasteiger partial charge in [0.15, 0.2) is 0 Å². The zero-order valence-electron chi connectivity index (χ0n) is 10.9. The van der Waals surface area contributed by atoms with Crippen LogP contribution in [0.5, 0.6) is 0 Å². The number of carbonyl (C=O) groups is 2. The molecule has 19 heavy (non-hydrogen) atoms. The molecule has 1 atom stereocenters. The zero-order valence-corrected chi connectivity index (χ0v) is 13.0. The first-order valence-electron chi connectivity index (χ1n) is 6.29. The van der Waals surface area contributed by atoms with Crippen molar-refractivity contribution >= 4 is 34.5 Å². The van der Waals surface area contributed by atoms with Crippen molar-refractivity contribution in [2.45, 2.75) is 38.6 Å². The Bertz CT molecular complexity index is 448. The molecule has 0 spiro atoms. The van der Waals surface area contributed by atoms with Gasteiger partial charge in [-0.25, -0.2) is 4.79 Å². The Balaban J connectivity index is 2.55. The summed E-state index contributed by atoms with van der Waals surface area (Å²) < 4.78 is 1.06. The lowest BCUT2D eigenvalue weighted by molar-refractivity contribution is -0.142. The second-order valence-corrected chi connectivity index (χ2v) is 5.65. The van der Waals surface area contributed by atoms with E-state index < -0.39 is 12.0 Å². The third kappa shape index (κ3) is 6.04. The van der Waals surface area contributed by atoms with Gasteiger partial charge in [-0.05, 0) is 46.7 Å². The van der Waals surface area contributed by atoms with Crippen molar-refractivity contribution in [1.82, 2.24) is 5.32 Å². The van der Waals surface area contributed by atoms with Gasteiger partial charge < -0.3 is 10.4 Å². The number of benzene rings is 1. The fourth-order valence-electron chi connectivity index (χ4n) is 1.74. The fraction of sp³-hybridized carbons (Fsp3) is 0.429. The van der Waals surface area contributed by atoms with E-state index in [9.17, 15) is 9.59 Å². The Hall–Kier alpha value is -1.11. The van der Waals surface area contributed by atoms with E-state index in [1.165, 1.54) is 0 Å². The highest BCUT2D eigenvalue weighted by Gasteiger charge is 2.19. The van der Waals surface area contributed by atoms with Crippen LogP contribution in [0.25, 0.3) is 0 Å². The summed E-state index contributed by atoms with van der Waals surface area (Å²) in [4.78, 5) is 22.9. The summed E-state index contributed by atoms with van der Waals surface area (Å²) in [6.45, 7) is 1.99. The average molecular weight is 375 g/mol. The van der Waals surface area contributed by atoms with E-state index in [4.69, 9.17) is 5.11 Å². The van der Waals surface area contributed by atoms with Gasteiger partial charge >= 0.3 is 5.97 Å². The number of hydrogen-bond donors (Lipinski definition) is 2. The molecule has 0 aromatic heterocycles. The van der Waals surface area contributed by atoms with Gasteiger partial charge in [-0.15, -0.1) is 0 Å². The second-order valence-electron chi connectivity index (χ2n) is 4.41. The highest BCUT2D eigenvalue weighted by atomic mass is 127. The molecular formula is C14H18INO3. The number of unbranched alkanes of at least 4 members (excludes halogenated alkanes) is 1. The first-order chi connectivity index (χ1) is 9.02. The summed E-state index contributed by atoms with van der Waals surface area (Å²) in [6, 6.07) is 6.83. The lowest BCUT2D eigenvalue weighted by Crippen LogP contribution is -2.41. The summed E-state index contributed by atoms with van der Waals surface area (Å²) >= 11 is 2.18. The van der Waals surface area contributed by atoms with Gasteiger partial charge in [-0.3, -0.25) is 4.79 Å². The van der Waals surface area contributed by atoms with Crippen molar-refractivity contribution in [3.05, 3.63) is 33.4 Å². The molecule has 0 unspecified atom stereocenters. The third-order valence-corrected chi connectivity index (χ3v) is 3.40. The molecule has 0 aliphatic heterocycles. The summed E-state index contributed by atoms with van der Waals surface area (Å²) in [5.74, 6) is -1.21. The van der Waals surface area contributed by atoms with Gasteiger partial charge in [0.1, 0.15) is 6.04 Å². The third-order valence-electron chi connectivity index (χ3n) is 2.73. The number of nitrogens with one attached hydrogen (secondary N) is 1. The minimum atomic E-state index is -0.968. The van der Waals surface area contributed by atoms with Crippen LogP contribution >= 0.6 is 22.6 Å². The van der Waals surface area contributed by atoms with Gasteiger partial charge in [0.25, 0.3) is 0 Å². The Morgan fingerprint density at radius 2 is 2.16 bits per heavy atom. The molecule has 2 N–H and O–H groups in total. The maximum Gasteiger partial charge on any atom is 0.326 e. The molecule has 0 aliphatic carbocycles. The topological polar surface area (TPSA) is 66.4 Å². The van der Waals surface area contributed by atoms with Crippen LogP contribution in [0, 0.1) is 3.57 Å². The highest BCUT2D eigenvalue weighted by Crippen LogP contribution is 2.09. The standard InChI is InChI=1S/C14H18INO3/c1-2-3-7-12(14(18)19)16-13(17)9-10-5-4-6-11(15)8-10/h4-6,8,12H,2-3,7,9H2,1H3,(H,16,17)(H,18,19)/t12-/m0/s1. The fourth-order valence-corrected chi connectivity index (χ4v) is 2.35. The predicted octanol–water partition coefficient (Wildman–Crippen LogP) is 2.59. The molecule has 0 heterocycles. The Morgan fingerprint density at radius 1 is 1.42 bits per heavy atom. The number of aliphatic carboxylic acids is 1. The number of carboxylic acids is 1. The van der Waals surface area contributed by atoms with Gasteiger partial charge in [0.2, 0.25) is 5.91 Å². The van der Waals surface area contributed by atoms with Gasteiger partial charge in [0.05, 0.1) is 6.42 Å². The quantitative estimate of drug-likeness (QED) is 0.720. The summed E-state index contributed by atoms with van der Waals surface area (Å²) in [6.07, 6.45) is 2.40. The Labute approximate surface area is 126 Å². The first kappa shape index (κ1) is 15.9. The maximum atomic E-state index is 11.8. The van der Waals surface area contributed by atoms with Crippen LogP contribution in [0.3, 0.4) is 0 Å².